The number of aromatic nitrogens is 1. The third-order valence-electron chi connectivity index (χ3n) is 5.82. The number of benzene rings is 2. The number of carbonyl (C=O) groups excluding carboxylic acids is 2. The van der Waals surface area contributed by atoms with E-state index in [1.165, 1.54) is 5.01 Å². The molecule has 0 aliphatic carbocycles. The molecule has 1 aliphatic rings. The summed E-state index contributed by atoms with van der Waals surface area (Å²) < 4.78 is 10.8. The molecule has 0 fully saturated rings. The van der Waals surface area contributed by atoms with Crippen LogP contribution in [0.25, 0.3) is 0 Å². The topological polar surface area (TPSA) is 93.1 Å². The summed E-state index contributed by atoms with van der Waals surface area (Å²) in [4.78, 5) is 30.1. The molecule has 35 heavy (non-hydrogen) atoms. The molecular formula is C27H28N4O4. The maximum absolute atomic E-state index is 13.0. The number of carbonyl (C=O) groups is 2. The minimum atomic E-state index is -0.685. The minimum Gasteiger partial charge on any atom is -0.493 e. The van der Waals surface area contributed by atoms with Gasteiger partial charge in [-0.25, -0.2) is 5.01 Å². The average Bonchev–Trinajstić information content (AvgIpc) is 2.90. The van der Waals surface area contributed by atoms with Crippen molar-refractivity contribution < 1.29 is 19.1 Å². The summed E-state index contributed by atoms with van der Waals surface area (Å²) in [6.45, 7) is 2.01. The highest BCUT2D eigenvalue weighted by atomic mass is 16.5. The maximum atomic E-state index is 13.0. The van der Waals surface area contributed by atoms with Crippen LogP contribution in [0.15, 0.2) is 72.0 Å². The first kappa shape index (κ1) is 23.9. The molecule has 1 aliphatic heterocycles. The second-order valence-electron chi connectivity index (χ2n) is 8.25. The summed E-state index contributed by atoms with van der Waals surface area (Å²) in [5.41, 5.74) is 3.93. The second kappa shape index (κ2) is 10.8. The Bertz CT molecular complexity index is 1230. The Labute approximate surface area is 204 Å². The van der Waals surface area contributed by atoms with Crippen molar-refractivity contribution in [3.63, 3.8) is 0 Å². The number of pyridine rings is 1. The third-order valence-corrected chi connectivity index (χ3v) is 5.82. The monoisotopic (exact) mass is 472 g/mol. The lowest BCUT2D eigenvalue weighted by atomic mass is 10.0. The zero-order valence-electron chi connectivity index (χ0n) is 20.0. The van der Waals surface area contributed by atoms with Gasteiger partial charge in [-0.1, -0.05) is 35.9 Å². The zero-order valence-corrected chi connectivity index (χ0v) is 20.0. The lowest BCUT2D eigenvalue weighted by Crippen LogP contribution is -2.51. The second-order valence-corrected chi connectivity index (χ2v) is 8.25. The van der Waals surface area contributed by atoms with Gasteiger partial charge in [0.2, 0.25) is 5.91 Å². The molecule has 1 atom stereocenters. The summed E-state index contributed by atoms with van der Waals surface area (Å²) in [5.74, 6) is 0.660. The molecule has 1 aromatic heterocycles. The lowest BCUT2D eigenvalue weighted by molar-refractivity contribution is -0.134. The summed E-state index contributed by atoms with van der Waals surface area (Å²) in [5, 5.41) is 9.04. The van der Waals surface area contributed by atoms with E-state index in [1.807, 2.05) is 49.4 Å². The van der Waals surface area contributed by atoms with Gasteiger partial charge >= 0.3 is 0 Å². The Morgan fingerprint density at radius 1 is 1.03 bits per heavy atom. The van der Waals surface area contributed by atoms with Gasteiger partial charge in [-0.3, -0.25) is 14.6 Å². The molecule has 1 N–H and O–H groups in total. The number of nitrogens with one attached hydrogen (secondary N) is 1. The number of amides is 2. The molecule has 0 saturated heterocycles. The Hall–Kier alpha value is -4.20. The fraction of sp³-hybridized carbons (Fsp3) is 0.259. The van der Waals surface area contributed by atoms with Crippen LogP contribution in [0.4, 0.5) is 0 Å². The van der Waals surface area contributed by atoms with Crippen molar-refractivity contribution in [2.75, 3.05) is 14.2 Å². The number of rotatable bonds is 8. The smallest absolute Gasteiger partial charge is 0.271 e. The van der Waals surface area contributed by atoms with Crippen LogP contribution in [0.5, 0.6) is 11.5 Å². The van der Waals surface area contributed by atoms with Crippen LogP contribution < -0.4 is 14.8 Å². The van der Waals surface area contributed by atoms with E-state index < -0.39 is 6.17 Å². The van der Waals surface area contributed by atoms with Crippen LogP contribution in [0.3, 0.4) is 0 Å². The van der Waals surface area contributed by atoms with Gasteiger partial charge < -0.3 is 14.8 Å². The number of hydrogen-bond acceptors (Lipinski definition) is 6. The lowest BCUT2D eigenvalue weighted by Gasteiger charge is -2.32. The zero-order chi connectivity index (χ0) is 24.8. The van der Waals surface area contributed by atoms with Crippen molar-refractivity contribution in [2.24, 2.45) is 5.10 Å². The Balaban J connectivity index is 1.67. The molecule has 0 radical (unpaired) electrons. The van der Waals surface area contributed by atoms with E-state index in [1.54, 1.807) is 38.6 Å². The summed E-state index contributed by atoms with van der Waals surface area (Å²) in [6, 6.07) is 18.6. The SMILES string of the molecule is COc1ccc(C2=NN(C(Cc3ccc(C)cc3)NC(=O)c3ccccn3)C(=O)CC2)cc1OC. The van der Waals surface area contributed by atoms with Crippen LogP contribution in [0.1, 0.15) is 40.0 Å². The van der Waals surface area contributed by atoms with Gasteiger partial charge in [0.05, 0.1) is 19.9 Å². The minimum absolute atomic E-state index is 0.160. The number of hydrazone groups is 1. The fourth-order valence-corrected chi connectivity index (χ4v) is 3.91. The van der Waals surface area contributed by atoms with Gasteiger partial charge in [0, 0.05) is 31.0 Å². The summed E-state index contributed by atoms with van der Waals surface area (Å²) >= 11 is 0. The van der Waals surface area contributed by atoms with Crippen LogP contribution in [0.2, 0.25) is 0 Å². The fourth-order valence-electron chi connectivity index (χ4n) is 3.91. The van der Waals surface area contributed by atoms with Gasteiger partial charge in [-0.15, -0.1) is 0 Å². The highest BCUT2D eigenvalue weighted by Gasteiger charge is 2.30. The largest absolute Gasteiger partial charge is 0.493 e. The predicted molar refractivity (Wildman–Crippen MR) is 133 cm³/mol. The van der Waals surface area contributed by atoms with E-state index in [0.29, 0.717) is 24.3 Å². The van der Waals surface area contributed by atoms with Gasteiger partial charge in [0.25, 0.3) is 5.91 Å². The predicted octanol–water partition coefficient (Wildman–Crippen LogP) is 3.73. The first-order valence-corrected chi connectivity index (χ1v) is 11.4. The van der Waals surface area contributed by atoms with E-state index in [2.05, 4.69) is 10.3 Å². The highest BCUT2D eigenvalue weighted by molar-refractivity contribution is 6.04. The van der Waals surface area contributed by atoms with E-state index in [9.17, 15) is 9.59 Å². The van der Waals surface area contributed by atoms with Gasteiger partial charge in [-0.05, 0) is 42.8 Å². The molecule has 180 valence electrons. The van der Waals surface area contributed by atoms with Gasteiger partial charge in [0.1, 0.15) is 11.9 Å². The molecular weight excluding hydrogens is 444 g/mol. The van der Waals surface area contributed by atoms with Gasteiger partial charge in [-0.2, -0.15) is 5.10 Å². The quantitative estimate of drug-likeness (QED) is 0.539. The number of nitrogens with zero attached hydrogens (tertiary/aromatic N) is 3. The molecule has 8 nitrogen and oxygen atoms in total. The van der Waals surface area contributed by atoms with Crippen molar-refractivity contribution in [1.82, 2.24) is 15.3 Å². The molecule has 4 rings (SSSR count). The molecule has 2 amide bonds. The third kappa shape index (κ3) is 5.66. The van der Waals surface area contributed by atoms with E-state index >= 15 is 0 Å². The molecule has 2 aromatic carbocycles. The molecule has 8 heteroatoms. The van der Waals surface area contributed by atoms with Crippen LogP contribution in [0, 0.1) is 6.92 Å². The molecule has 0 spiro atoms. The van der Waals surface area contributed by atoms with Crippen molar-refractivity contribution in [3.8, 4) is 11.5 Å². The summed E-state index contributed by atoms with van der Waals surface area (Å²) in [7, 11) is 3.15. The maximum Gasteiger partial charge on any atom is 0.271 e. The standard InChI is InChI=1S/C27H28N4O4/c1-18-7-9-19(10-8-18)16-25(29-27(33)22-6-4-5-15-28-22)31-26(32)14-12-21(30-31)20-11-13-23(34-2)24(17-20)35-3/h4-11,13,15,17,25H,12,14,16H2,1-3H3,(H,29,33). The highest BCUT2D eigenvalue weighted by Crippen LogP contribution is 2.29. The van der Waals surface area contributed by atoms with Crippen molar-refractivity contribution in [2.45, 2.75) is 32.4 Å². The number of ether oxygens (including phenoxy) is 2. The first-order chi connectivity index (χ1) is 17.0. The van der Waals surface area contributed by atoms with Crippen LogP contribution >= 0.6 is 0 Å². The molecule has 1 unspecified atom stereocenters. The number of methoxy groups -OCH3 is 2. The molecule has 2 heterocycles. The Morgan fingerprint density at radius 3 is 2.49 bits per heavy atom. The van der Waals surface area contributed by atoms with Gasteiger partial charge in [0.15, 0.2) is 11.5 Å². The van der Waals surface area contributed by atoms with E-state index in [0.717, 1.165) is 22.4 Å². The Kier molecular flexibility index (Phi) is 7.40. The number of aryl methyl sites for hydroxylation is 1. The van der Waals surface area contributed by atoms with Crippen molar-refractivity contribution in [1.29, 1.82) is 0 Å². The average molecular weight is 473 g/mol. The first-order valence-electron chi connectivity index (χ1n) is 11.4. The number of hydrogen-bond donors (Lipinski definition) is 1. The van der Waals surface area contributed by atoms with E-state index in [4.69, 9.17) is 14.6 Å². The van der Waals surface area contributed by atoms with E-state index in [-0.39, 0.29) is 23.9 Å². The summed E-state index contributed by atoms with van der Waals surface area (Å²) in [6.07, 6.45) is 2.03. The molecule has 3 aromatic rings. The van der Waals surface area contributed by atoms with Crippen molar-refractivity contribution >= 4 is 17.5 Å². The van der Waals surface area contributed by atoms with Crippen molar-refractivity contribution in [3.05, 3.63) is 89.2 Å². The normalized spacial score (nSPS) is 14.2. The Morgan fingerprint density at radius 2 is 1.80 bits per heavy atom. The molecule has 0 bridgehead atoms. The van der Waals surface area contributed by atoms with Crippen LogP contribution in [-0.2, 0) is 11.2 Å². The van der Waals surface area contributed by atoms with Crippen LogP contribution in [-0.4, -0.2) is 47.9 Å². The molecule has 0 saturated carbocycles.